The molecule has 10 aliphatic heterocycles. The van der Waals surface area contributed by atoms with Crippen LogP contribution in [0.1, 0.15) is 208 Å². The number of nitrogens with zero attached hydrogens (tertiary/aromatic N) is 7. The van der Waals surface area contributed by atoms with Crippen molar-refractivity contribution in [2.45, 2.75) is 250 Å². The second-order valence-corrected chi connectivity index (χ2v) is 44.8. The van der Waals surface area contributed by atoms with E-state index in [9.17, 15) is 22.2 Å². The van der Waals surface area contributed by atoms with Crippen LogP contribution < -0.4 is 32.7 Å². The lowest BCUT2D eigenvalue weighted by Gasteiger charge is -2.55. The number of hydrogen-bond acceptors (Lipinski definition) is 22. The second kappa shape index (κ2) is 54.3. The van der Waals surface area contributed by atoms with Crippen molar-refractivity contribution >= 4 is 41.0 Å². The van der Waals surface area contributed by atoms with E-state index < -0.39 is 29.2 Å². The monoisotopic (exact) mass is 1620 g/mol. The Labute approximate surface area is 675 Å². The molecule has 0 radical (unpaired) electrons. The number of ether oxygens (including phenoxy) is 2. The standard InChI is InChI=1S/C12H22N2O.C10H20N2O2.C9H20N2OS.2C9H20N2.C9H17NO.C9H19NO.2C8H18N2OS/c1-9(2)7-13-11-5-6-14(8-11)12(15)10-3-4-10;1-9(2)7-11-3-5-12(6-4-11)10(14)8-13;1-8(2)7-11-9-3-5-13(10,12)6-4-9;2*1-8(2)7-11-5-3-4-9(11)6-10;1-8(2)5-10-6-9(7-10)3-4-11-9;1-9(2)3-4-10-5-7-11-8-6-10;2*1-7(2)5-10-8-3-4-12(9,11)6-8/h9-11,13H,3-8H2,1-2H3;9,13H,3-8H2,1-2H3;8-11H,3-7H2,1-2H3;2*8-9H,3-7,10H2,1-2H3;8H,3-7H2,1-2H3;9H,3-8H2,1-2H3;2*7-10H,3-6H2,1-2H3/t11-;;;2*9-;;;2*8-,12+/m1..10..10/s1. The number of nitrogens with one attached hydrogen (secondary N) is 7. The fourth-order valence-electron chi connectivity index (χ4n) is 15.3. The van der Waals surface area contributed by atoms with Gasteiger partial charge in [0.15, 0.2) is 0 Å². The van der Waals surface area contributed by atoms with Gasteiger partial charge in [-0.2, -0.15) is 0 Å². The van der Waals surface area contributed by atoms with E-state index in [0.29, 0.717) is 118 Å². The van der Waals surface area contributed by atoms with Crippen molar-refractivity contribution in [1.82, 2.24) is 55.6 Å². The van der Waals surface area contributed by atoms with Gasteiger partial charge in [-0.25, -0.2) is 12.6 Å². The lowest BCUT2D eigenvalue weighted by molar-refractivity contribution is -0.222. The van der Waals surface area contributed by atoms with Crippen LogP contribution in [-0.4, -0.2) is 317 Å². The molecule has 110 heavy (non-hydrogen) atoms. The maximum Gasteiger partial charge on any atom is 0.248 e. The lowest BCUT2D eigenvalue weighted by Crippen LogP contribution is -2.68. The van der Waals surface area contributed by atoms with Gasteiger partial charge in [0.1, 0.15) is 6.61 Å². The normalized spacial score (nSPS) is 28.3. The van der Waals surface area contributed by atoms with Crippen molar-refractivity contribution in [3.63, 3.8) is 0 Å². The molecule has 0 aromatic heterocycles. The molecule has 11 fully saturated rings. The fraction of sp³-hybridized carbons (Fsp3) is 0.976. The van der Waals surface area contributed by atoms with E-state index in [1.165, 1.54) is 90.9 Å². The van der Waals surface area contributed by atoms with Crippen molar-refractivity contribution in [3.8, 4) is 0 Å². The molecule has 12 N–H and O–H groups in total. The van der Waals surface area contributed by atoms with E-state index in [4.69, 9.17) is 40.4 Å². The first-order chi connectivity index (χ1) is 51.7. The largest absolute Gasteiger partial charge is 0.387 e. The zero-order valence-electron chi connectivity index (χ0n) is 73.6. The molecule has 1 spiro atoms. The number of likely N-dealkylation sites (tertiary alicyclic amines) is 4. The summed E-state index contributed by atoms with van der Waals surface area (Å²) in [6.07, 6.45) is 14.9. The first-order valence-corrected chi connectivity index (χ1v) is 49.5. The van der Waals surface area contributed by atoms with E-state index in [2.05, 4.69) is 175 Å². The van der Waals surface area contributed by atoms with Gasteiger partial charge in [-0.05, 0) is 176 Å². The van der Waals surface area contributed by atoms with E-state index in [0.717, 1.165) is 187 Å². The third-order valence-corrected chi connectivity index (χ3v) is 27.2. The summed E-state index contributed by atoms with van der Waals surface area (Å²) in [5.41, 5.74) is 11.6. The number of morpholine rings is 1. The van der Waals surface area contributed by atoms with Gasteiger partial charge < -0.3 is 57.1 Å². The molecule has 10 heterocycles. The zero-order valence-corrected chi connectivity index (χ0v) is 76.0. The molecule has 0 bridgehead atoms. The molecule has 11 rings (SSSR count). The highest BCUT2D eigenvalue weighted by molar-refractivity contribution is 7.93. The van der Waals surface area contributed by atoms with E-state index in [1.807, 2.05) is 0 Å². The highest BCUT2D eigenvalue weighted by Crippen LogP contribution is 2.36. The summed E-state index contributed by atoms with van der Waals surface area (Å²) >= 11 is 0. The maximum absolute atomic E-state index is 11.8. The van der Waals surface area contributed by atoms with Crippen LogP contribution in [0.25, 0.3) is 0 Å². The maximum atomic E-state index is 11.8. The average molecular weight is 1620 g/mol. The number of piperazine rings is 1. The molecular formula is C83H174N16O8S3. The molecule has 2 amide bonds. The molecular weight excluding hydrogens is 1450 g/mol. The van der Waals surface area contributed by atoms with Gasteiger partial charge in [0, 0.05) is 217 Å². The minimum atomic E-state index is -2.21. The molecule has 1 aliphatic carbocycles. The van der Waals surface area contributed by atoms with Gasteiger partial charge in [-0.3, -0.25) is 48.4 Å². The minimum Gasteiger partial charge on any atom is -0.387 e. The topological polar surface area (TPSA) is 318 Å². The molecule has 0 aromatic rings. The average Bonchev–Trinajstić information content (AvgIpc) is 0.952. The van der Waals surface area contributed by atoms with Crippen molar-refractivity contribution in [2.24, 2.45) is 70.6 Å². The Balaban J connectivity index is 0.000000321. The number of hydrogen-bond donors (Lipinski definition) is 10. The Morgan fingerprint density at radius 1 is 0.455 bits per heavy atom. The third kappa shape index (κ3) is 46.4. The van der Waals surface area contributed by atoms with Crippen molar-refractivity contribution < 1.29 is 36.8 Å². The highest BCUT2D eigenvalue weighted by Gasteiger charge is 2.49. The van der Waals surface area contributed by atoms with E-state index in [1.54, 1.807) is 4.90 Å². The highest BCUT2D eigenvalue weighted by atomic mass is 32.2. The Bertz CT molecular complexity index is 2660. The number of amides is 2. The molecule has 7 atom stereocenters. The van der Waals surface area contributed by atoms with Gasteiger partial charge in [0.25, 0.3) is 0 Å². The first-order valence-electron chi connectivity index (χ1n) is 43.8. The molecule has 652 valence electrons. The number of carbonyl (C=O) groups is 2. The van der Waals surface area contributed by atoms with Gasteiger partial charge in [0.2, 0.25) is 11.8 Å². The second-order valence-electron chi connectivity index (χ2n) is 37.6. The van der Waals surface area contributed by atoms with Crippen LogP contribution in [0.2, 0.25) is 0 Å². The third-order valence-electron chi connectivity index (χ3n) is 21.8. The van der Waals surface area contributed by atoms with Gasteiger partial charge in [-0.1, -0.05) is 125 Å². The summed E-state index contributed by atoms with van der Waals surface area (Å²) < 4.78 is 66.9. The van der Waals surface area contributed by atoms with Gasteiger partial charge in [0.05, 0.1) is 25.4 Å². The van der Waals surface area contributed by atoms with Crippen LogP contribution in [0.4, 0.5) is 0 Å². The molecule has 24 nitrogen and oxygen atoms in total. The predicted octanol–water partition coefficient (Wildman–Crippen LogP) is 9.18. The smallest absolute Gasteiger partial charge is 0.248 e. The number of aliphatic hydroxyl groups excluding tert-OH is 1. The van der Waals surface area contributed by atoms with E-state index in [-0.39, 0.29) is 12.5 Å². The predicted molar refractivity (Wildman–Crippen MR) is 464 cm³/mol. The van der Waals surface area contributed by atoms with Crippen molar-refractivity contribution in [3.05, 3.63) is 0 Å². The summed E-state index contributed by atoms with van der Waals surface area (Å²) in [7, 11) is -6.61. The Hall–Kier alpha value is -1.77. The Kier molecular flexibility index (Phi) is 50.6. The van der Waals surface area contributed by atoms with Gasteiger partial charge >= 0.3 is 0 Å². The first kappa shape index (κ1) is 102. The number of aliphatic hydroxyl groups is 1. The van der Waals surface area contributed by atoms with Crippen LogP contribution in [0, 0.1) is 73.5 Å². The zero-order chi connectivity index (χ0) is 82.2. The summed E-state index contributed by atoms with van der Waals surface area (Å²) in [4.78, 5) is 39.1. The molecule has 27 heteroatoms. The summed E-state index contributed by atoms with van der Waals surface area (Å²) in [5.74, 6) is 10.6. The molecule has 10 saturated heterocycles. The van der Waals surface area contributed by atoms with Crippen molar-refractivity contribution in [2.75, 3.05) is 211 Å². The lowest BCUT2D eigenvalue weighted by atomic mass is 9.86. The molecule has 0 aromatic carbocycles. The van der Waals surface area contributed by atoms with Gasteiger partial charge in [-0.15, -0.1) is 0 Å². The van der Waals surface area contributed by atoms with Crippen LogP contribution in [0.15, 0.2) is 0 Å². The number of carbonyl (C=O) groups excluding carboxylic acids is 2. The molecule has 0 unspecified atom stereocenters. The Morgan fingerprint density at radius 3 is 1.23 bits per heavy atom. The Morgan fingerprint density at radius 2 is 0.864 bits per heavy atom. The summed E-state index contributed by atoms with van der Waals surface area (Å²) in [5, 5.41) is 22.3. The van der Waals surface area contributed by atoms with Crippen LogP contribution in [0.5, 0.6) is 0 Å². The molecule has 1 saturated carbocycles. The molecule has 11 aliphatic rings. The quantitative estimate of drug-likeness (QED) is 0.0366. The SMILES string of the molecule is CC(C)CCN1CCOCC1.CC(C)CN1CC2(CCO2)C1.CC(C)CN1CCC[C@@H]1CN.CC(C)CN1CCC[C@H]1CN.CC(C)CN1CCN(C(=O)CO)CC1.CC(C)CNC1CCS(=N)(=O)CC1.CC(C)CN[C@@H]1CCN(C(=O)C2CC2)C1.CC(C)CN[C@@H]1CC[S@](=N)(=O)C1.CC(C)CN[C@H]1CC[S@@](=N)(=O)C1. The van der Waals surface area contributed by atoms with E-state index >= 15 is 0 Å². The van der Waals surface area contributed by atoms with Crippen LogP contribution in [-0.2, 0) is 48.2 Å². The number of rotatable bonds is 27. The number of nitrogens with two attached hydrogens (primary N) is 2. The van der Waals surface area contributed by atoms with Crippen LogP contribution >= 0.6 is 0 Å². The van der Waals surface area contributed by atoms with Crippen LogP contribution in [0.3, 0.4) is 0 Å². The summed E-state index contributed by atoms with van der Waals surface area (Å²) in [6, 6.07) is 3.06. The fourth-order valence-corrected chi connectivity index (χ4v) is 20.3. The van der Waals surface area contributed by atoms with Crippen molar-refractivity contribution in [1.29, 1.82) is 14.3 Å². The minimum absolute atomic E-state index is 0.144. The summed E-state index contributed by atoms with van der Waals surface area (Å²) in [6.45, 7) is 66.7.